The van der Waals surface area contributed by atoms with E-state index < -0.39 is 0 Å². The molecule has 1 aliphatic heterocycles. The molecule has 1 N–H and O–H groups in total. The fraction of sp³-hybridized carbons (Fsp3) is 0.750. The summed E-state index contributed by atoms with van der Waals surface area (Å²) in [5.41, 5.74) is 0. The topological polar surface area (TPSA) is 38.3 Å². The van der Waals surface area contributed by atoms with E-state index in [0.717, 1.165) is 6.54 Å². The van der Waals surface area contributed by atoms with Gasteiger partial charge in [0.1, 0.15) is 16.2 Å². The molecule has 0 radical (unpaired) electrons. The normalized spacial score (nSPS) is 20.8. The van der Waals surface area contributed by atoms with Crippen LogP contribution in [-0.2, 0) is 16.0 Å². The Morgan fingerprint density at radius 1 is 1.75 bits per heavy atom. The molecule has 1 rings (SSSR count). The maximum atomic E-state index is 10.0. The third-order valence-corrected chi connectivity index (χ3v) is 1.37. The van der Waals surface area contributed by atoms with Gasteiger partial charge in [0.05, 0.1) is 13.2 Å². The summed E-state index contributed by atoms with van der Waals surface area (Å²) < 4.78 is 15.0. The summed E-state index contributed by atoms with van der Waals surface area (Å²) >= 11 is 0.476. The second-order valence-electron chi connectivity index (χ2n) is 1.49. The summed E-state index contributed by atoms with van der Waals surface area (Å²) in [6.07, 6.45) is 0. The van der Waals surface area contributed by atoms with Gasteiger partial charge in [-0.25, -0.2) is 4.21 Å². The molecule has 1 saturated heterocycles. The monoisotopic (exact) mass is 133 g/mol. The van der Waals surface area contributed by atoms with Gasteiger partial charge in [-0.1, -0.05) is 0 Å². The second kappa shape index (κ2) is 2.96. The molecule has 3 nitrogen and oxygen atoms in total. The maximum absolute atomic E-state index is 10.0. The molecular weight excluding hydrogens is 126 g/mol. The van der Waals surface area contributed by atoms with Crippen LogP contribution in [0.25, 0.3) is 0 Å². The Hall–Kier alpha value is -0.190. The lowest BCUT2D eigenvalue weighted by Gasteiger charge is -2.11. The van der Waals surface area contributed by atoms with Crippen molar-refractivity contribution in [3.63, 3.8) is 0 Å². The number of ether oxygens (including phenoxy) is 1. The van der Waals surface area contributed by atoms with Crippen LogP contribution >= 0.6 is 0 Å². The largest absolute Gasteiger partial charge is 0.373 e. The van der Waals surface area contributed by atoms with E-state index in [9.17, 15) is 4.21 Å². The van der Waals surface area contributed by atoms with Gasteiger partial charge in [0.2, 0.25) is 0 Å². The van der Waals surface area contributed by atoms with Gasteiger partial charge in [0, 0.05) is 6.54 Å². The van der Waals surface area contributed by atoms with Crippen molar-refractivity contribution in [2.45, 2.75) is 0 Å². The van der Waals surface area contributed by atoms with Crippen molar-refractivity contribution < 1.29 is 8.95 Å². The molecule has 8 heavy (non-hydrogen) atoms. The number of hydrogen-bond acceptors (Lipinski definition) is 2. The molecule has 46 valence electrons. The third-order valence-electron chi connectivity index (χ3n) is 0.902. The van der Waals surface area contributed by atoms with Crippen molar-refractivity contribution in [1.82, 2.24) is 5.32 Å². The first kappa shape index (κ1) is 5.94. The van der Waals surface area contributed by atoms with Crippen LogP contribution in [0.3, 0.4) is 0 Å². The molecule has 0 aromatic carbocycles. The van der Waals surface area contributed by atoms with Crippen molar-refractivity contribution in [3.05, 3.63) is 0 Å². The van der Waals surface area contributed by atoms with Gasteiger partial charge < -0.3 is 4.74 Å². The minimum Gasteiger partial charge on any atom is -0.373 e. The van der Waals surface area contributed by atoms with Gasteiger partial charge in [-0.05, 0) is 0 Å². The van der Waals surface area contributed by atoms with Crippen LogP contribution in [0.5, 0.6) is 0 Å². The van der Waals surface area contributed by atoms with E-state index in [4.69, 9.17) is 4.74 Å². The summed E-state index contributed by atoms with van der Waals surface area (Å²) in [5.74, 6) is 0. The van der Waals surface area contributed by atoms with Crippen LogP contribution < -0.4 is 5.32 Å². The molecule has 0 aromatic rings. The maximum Gasteiger partial charge on any atom is 0.112 e. The molecule has 0 aromatic heterocycles. The fourth-order valence-electron chi connectivity index (χ4n) is 0.532. The molecule has 1 fully saturated rings. The average molecular weight is 133 g/mol. The minimum atomic E-state index is 0.466. The Balaban J connectivity index is 2.45. The van der Waals surface area contributed by atoms with Gasteiger partial charge in [-0.3, -0.25) is 5.32 Å². The lowest BCUT2D eigenvalue weighted by Crippen LogP contribution is -2.36. The highest BCUT2D eigenvalue weighted by Crippen LogP contribution is 1.80. The van der Waals surface area contributed by atoms with Gasteiger partial charge >= 0.3 is 0 Å². The summed E-state index contributed by atoms with van der Waals surface area (Å²) in [7, 11) is 0. The van der Waals surface area contributed by atoms with Crippen molar-refractivity contribution in [2.75, 3.05) is 19.8 Å². The highest BCUT2D eigenvalue weighted by molar-refractivity contribution is 7.66. The van der Waals surface area contributed by atoms with E-state index in [2.05, 4.69) is 5.32 Å². The van der Waals surface area contributed by atoms with Crippen LogP contribution in [0, 0.1) is 0 Å². The molecule has 0 amide bonds. The standard InChI is InChI=1S/C4H7NO2S/c6-8-4-3-7-2-1-5-4/h5H,1-3H2. The summed E-state index contributed by atoms with van der Waals surface area (Å²) in [4.78, 5) is 0.691. The van der Waals surface area contributed by atoms with Crippen LogP contribution in [0.15, 0.2) is 0 Å². The predicted molar refractivity (Wildman–Crippen MR) is 32.0 cm³/mol. The van der Waals surface area contributed by atoms with Crippen molar-refractivity contribution in [3.8, 4) is 0 Å². The summed E-state index contributed by atoms with van der Waals surface area (Å²) in [5, 5.41) is 2.91. The first-order valence-corrected chi connectivity index (χ1v) is 3.15. The number of hydrogen-bond donors (Lipinski definition) is 1. The summed E-state index contributed by atoms with van der Waals surface area (Å²) in [6, 6.07) is 0. The highest BCUT2D eigenvalue weighted by atomic mass is 32.1. The van der Waals surface area contributed by atoms with Crippen LogP contribution in [0.2, 0.25) is 0 Å². The lowest BCUT2D eigenvalue weighted by atomic mass is 10.5. The molecule has 0 aliphatic carbocycles. The Bertz CT molecular complexity index is 122. The molecule has 0 spiro atoms. The van der Waals surface area contributed by atoms with E-state index in [0.29, 0.717) is 29.5 Å². The van der Waals surface area contributed by atoms with Crippen LogP contribution in [0.4, 0.5) is 0 Å². The molecule has 1 aliphatic rings. The molecule has 0 atom stereocenters. The Morgan fingerprint density at radius 3 is 3.00 bits per heavy atom. The minimum absolute atomic E-state index is 0.466. The Labute approximate surface area is 51.1 Å². The van der Waals surface area contributed by atoms with Crippen LogP contribution in [-0.4, -0.2) is 29.0 Å². The average Bonchev–Trinajstić information content (AvgIpc) is 1.90. The van der Waals surface area contributed by atoms with Crippen molar-refractivity contribution >= 4 is 16.2 Å². The second-order valence-corrected chi connectivity index (χ2v) is 2.15. The van der Waals surface area contributed by atoms with E-state index in [1.165, 1.54) is 0 Å². The van der Waals surface area contributed by atoms with Gasteiger partial charge in [0.15, 0.2) is 0 Å². The fourth-order valence-corrected chi connectivity index (χ4v) is 0.824. The zero-order chi connectivity index (χ0) is 5.82. The first-order chi connectivity index (χ1) is 3.93. The van der Waals surface area contributed by atoms with Gasteiger partial charge in [-0.2, -0.15) is 0 Å². The molecule has 1 heterocycles. The molecule has 0 bridgehead atoms. The van der Waals surface area contributed by atoms with E-state index in [1.807, 2.05) is 0 Å². The number of nitrogens with one attached hydrogen (secondary N) is 1. The van der Waals surface area contributed by atoms with E-state index in [1.54, 1.807) is 0 Å². The smallest absolute Gasteiger partial charge is 0.112 e. The zero-order valence-electron chi connectivity index (χ0n) is 4.35. The summed E-state index contributed by atoms with van der Waals surface area (Å²) in [6.45, 7) is 1.95. The number of rotatable bonds is 0. The molecular formula is C4H7NO2S. The molecule has 4 heteroatoms. The van der Waals surface area contributed by atoms with Gasteiger partial charge in [0.25, 0.3) is 0 Å². The predicted octanol–water partition coefficient (Wildman–Crippen LogP) is -1.05. The SMILES string of the molecule is O=S=C1COCCN1. The van der Waals surface area contributed by atoms with E-state index in [-0.39, 0.29) is 0 Å². The molecule has 0 unspecified atom stereocenters. The molecule has 0 saturated carbocycles. The van der Waals surface area contributed by atoms with Gasteiger partial charge in [-0.15, -0.1) is 0 Å². The first-order valence-electron chi connectivity index (χ1n) is 2.41. The van der Waals surface area contributed by atoms with Crippen LogP contribution in [0.1, 0.15) is 0 Å². The van der Waals surface area contributed by atoms with E-state index >= 15 is 0 Å². The Kier molecular flexibility index (Phi) is 2.20. The Morgan fingerprint density at radius 2 is 2.62 bits per heavy atom. The number of morpholine rings is 1. The zero-order valence-corrected chi connectivity index (χ0v) is 5.16. The quantitative estimate of drug-likeness (QED) is 0.428. The lowest BCUT2D eigenvalue weighted by molar-refractivity contribution is 0.161. The van der Waals surface area contributed by atoms with Crippen molar-refractivity contribution in [1.29, 1.82) is 0 Å². The van der Waals surface area contributed by atoms with Crippen molar-refractivity contribution in [2.24, 2.45) is 0 Å². The highest BCUT2D eigenvalue weighted by Gasteiger charge is 2.02. The third kappa shape index (κ3) is 1.40.